The zero-order valence-electron chi connectivity index (χ0n) is 17.7. The van der Waals surface area contributed by atoms with Crippen molar-refractivity contribution in [1.82, 2.24) is 0 Å². The van der Waals surface area contributed by atoms with Crippen LogP contribution in [0.15, 0.2) is 65.1 Å². The molecule has 0 radical (unpaired) electrons. The van der Waals surface area contributed by atoms with Crippen LogP contribution in [0.1, 0.15) is 49.7 Å². The Balaban J connectivity index is 1.27. The zero-order valence-corrected chi connectivity index (χ0v) is 17.7. The van der Waals surface area contributed by atoms with E-state index in [1.165, 1.54) is 66.0 Å². The minimum atomic E-state index is 0.482. The predicted octanol–water partition coefficient (Wildman–Crippen LogP) is 8.03. The summed E-state index contributed by atoms with van der Waals surface area (Å²) in [6.07, 6.45) is 8.83. The second-order valence-electron chi connectivity index (χ2n) is 10.6. The monoisotopic (exact) mass is 392 g/mol. The van der Waals surface area contributed by atoms with Gasteiger partial charge in [-0.2, -0.15) is 0 Å². The van der Waals surface area contributed by atoms with Crippen molar-refractivity contribution < 1.29 is 4.42 Å². The summed E-state index contributed by atoms with van der Waals surface area (Å²) in [5.74, 6) is 2.99. The number of benzene rings is 3. The van der Waals surface area contributed by atoms with Crippen molar-refractivity contribution in [3.63, 3.8) is 0 Å². The lowest BCUT2D eigenvalue weighted by atomic mass is 9.48. The average molecular weight is 393 g/mol. The SMILES string of the molecule is Cc1ccc2oc3ccc(-c4ccc(C56CC7CC(CC(C7)C5)C6)cc4)cc3c2c1. The summed E-state index contributed by atoms with van der Waals surface area (Å²) in [7, 11) is 0. The molecule has 0 amide bonds. The molecule has 0 N–H and O–H groups in total. The smallest absolute Gasteiger partial charge is 0.135 e. The van der Waals surface area contributed by atoms with Crippen LogP contribution in [0.5, 0.6) is 0 Å². The molecule has 30 heavy (non-hydrogen) atoms. The van der Waals surface area contributed by atoms with E-state index < -0.39 is 0 Å². The van der Waals surface area contributed by atoms with Crippen LogP contribution < -0.4 is 0 Å². The lowest BCUT2D eigenvalue weighted by Gasteiger charge is -2.57. The Morgan fingerprint density at radius 2 is 1.23 bits per heavy atom. The van der Waals surface area contributed by atoms with Gasteiger partial charge in [0, 0.05) is 10.8 Å². The highest BCUT2D eigenvalue weighted by atomic mass is 16.3. The maximum absolute atomic E-state index is 6.06. The fourth-order valence-electron chi connectivity index (χ4n) is 7.55. The van der Waals surface area contributed by atoms with Crippen LogP contribution in [-0.2, 0) is 5.41 Å². The van der Waals surface area contributed by atoms with Crippen LogP contribution in [0, 0.1) is 24.7 Å². The molecule has 150 valence electrons. The Hall–Kier alpha value is -2.54. The number of rotatable bonds is 2. The Bertz CT molecular complexity index is 1240. The van der Waals surface area contributed by atoms with Crippen LogP contribution in [-0.4, -0.2) is 0 Å². The first kappa shape index (κ1) is 17.2. The van der Waals surface area contributed by atoms with Crippen molar-refractivity contribution in [3.05, 3.63) is 71.8 Å². The van der Waals surface area contributed by atoms with Gasteiger partial charge in [0.05, 0.1) is 0 Å². The van der Waals surface area contributed by atoms with Gasteiger partial charge in [0.15, 0.2) is 0 Å². The summed E-state index contributed by atoms with van der Waals surface area (Å²) < 4.78 is 6.06. The van der Waals surface area contributed by atoms with Crippen LogP contribution in [0.3, 0.4) is 0 Å². The van der Waals surface area contributed by atoms with E-state index in [1.807, 2.05) is 0 Å². The summed E-state index contributed by atoms with van der Waals surface area (Å²) in [4.78, 5) is 0. The Kier molecular flexibility index (Phi) is 3.44. The number of hydrogen-bond acceptors (Lipinski definition) is 1. The normalized spacial score (nSPS) is 29.8. The molecule has 0 spiro atoms. The van der Waals surface area contributed by atoms with Crippen LogP contribution in [0.25, 0.3) is 33.1 Å². The van der Waals surface area contributed by atoms with E-state index in [9.17, 15) is 0 Å². The van der Waals surface area contributed by atoms with Crippen molar-refractivity contribution in [1.29, 1.82) is 0 Å². The molecule has 0 aliphatic heterocycles. The highest BCUT2D eigenvalue weighted by molar-refractivity contribution is 6.06. The molecule has 4 fully saturated rings. The lowest BCUT2D eigenvalue weighted by Crippen LogP contribution is -2.48. The molecule has 0 saturated heterocycles. The highest BCUT2D eigenvalue weighted by Gasteiger charge is 2.51. The van der Waals surface area contributed by atoms with Gasteiger partial charge >= 0.3 is 0 Å². The van der Waals surface area contributed by atoms with Gasteiger partial charge in [0.1, 0.15) is 11.2 Å². The fourth-order valence-corrected chi connectivity index (χ4v) is 7.55. The molecular weight excluding hydrogens is 364 g/mol. The van der Waals surface area contributed by atoms with Gasteiger partial charge in [-0.15, -0.1) is 0 Å². The molecule has 3 aromatic carbocycles. The van der Waals surface area contributed by atoms with E-state index in [2.05, 4.69) is 67.6 Å². The summed E-state index contributed by atoms with van der Waals surface area (Å²) in [5, 5.41) is 2.44. The van der Waals surface area contributed by atoms with E-state index in [0.717, 1.165) is 28.9 Å². The van der Waals surface area contributed by atoms with Crippen molar-refractivity contribution in [3.8, 4) is 11.1 Å². The number of furan rings is 1. The average Bonchev–Trinajstić information content (AvgIpc) is 3.10. The molecule has 8 rings (SSSR count). The minimum absolute atomic E-state index is 0.482. The van der Waals surface area contributed by atoms with Gasteiger partial charge in [-0.3, -0.25) is 0 Å². The third-order valence-electron chi connectivity index (χ3n) is 8.49. The van der Waals surface area contributed by atoms with Crippen molar-refractivity contribution in [2.24, 2.45) is 17.8 Å². The third kappa shape index (κ3) is 2.47. The predicted molar refractivity (Wildman–Crippen MR) is 124 cm³/mol. The largest absolute Gasteiger partial charge is 0.456 e. The van der Waals surface area contributed by atoms with Crippen LogP contribution >= 0.6 is 0 Å². The number of hydrogen-bond donors (Lipinski definition) is 0. The van der Waals surface area contributed by atoms with Crippen LogP contribution in [0.2, 0.25) is 0 Å². The number of fused-ring (bicyclic) bond motifs is 3. The molecule has 4 aliphatic carbocycles. The van der Waals surface area contributed by atoms with Crippen molar-refractivity contribution >= 4 is 21.9 Å². The molecule has 4 bridgehead atoms. The first-order valence-corrected chi connectivity index (χ1v) is 11.7. The molecule has 0 atom stereocenters. The second kappa shape index (κ2) is 6.00. The van der Waals surface area contributed by atoms with Gasteiger partial charge in [0.2, 0.25) is 0 Å². The molecule has 0 unspecified atom stereocenters. The molecule has 1 aromatic heterocycles. The molecule has 1 heteroatoms. The highest BCUT2D eigenvalue weighted by Crippen LogP contribution is 2.60. The minimum Gasteiger partial charge on any atom is -0.456 e. The van der Waals surface area contributed by atoms with Crippen molar-refractivity contribution in [2.75, 3.05) is 0 Å². The Morgan fingerprint density at radius 3 is 1.90 bits per heavy atom. The van der Waals surface area contributed by atoms with E-state index in [4.69, 9.17) is 4.42 Å². The first-order valence-electron chi connectivity index (χ1n) is 11.7. The van der Waals surface area contributed by atoms with E-state index in [-0.39, 0.29) is 0 Å². The van der Waals surface area contributed by atoms with Gasteiger partial charge in [0.25, 0.3) is 0 Å². The summed E-state index contributed by atoms with van der Waals surface area (Å²) in [6.45, 7) is 2.14. The standard InChI is InChI=1S/C29H28O/c1-18-2-8-27-25(10-18)26-14-23(5-9-28(26)30-27)22-3-6-24(7-4-22)29-15-19-11-20(16-29)13-21(12-19)17-29/h2-10,14,19-21H,11-13,15-17H2,1H3. The maximum atomic E-state index is 6.06. The summed E-state index contributed by atoms with van der Waals surface area (Å²) in [6, 6.07) is 22.7. The lowest BCUT2D eigenvalue weighted by molar-refractivity contribution is -0.00518. The van der Waals surface area contributed by atoms with Crippen molar-refractivity contribution in [2.45, 2.75) is 50.9 Å². The third-order valence-corrected chi connectivity index (χ3v) is 8.49. The zero-order chi connectivity index (χ0) is 19.9. The van der Waals surface area contributed by atoms with Crippen LogP contribution in [0.4, 0.5) is 0 Å². The van der Waals surface area contributed by atoms with Gasteiger partial charge in [-0.1, -0.05) is 42.0 Å². The van der Waals surface area contributed by atoms with E-state index in [1.54, 1.807) is 5.56 Å². The number of aryl methyl sites for hydroxylation is 1. The second-order valence-corrected chi connectivity index (χ2v) is 10.6. The summed E-state index contributed by atoms with van der Waals surface area (Å²) in [5.41, 5.74) is 7.91. The molecular formula is C29H28O. The van der Waals surface area contributed by atoms with Gasteiger partial charge < -0.3 is 4.42 Å². The Labute approximate surface area is 178 Å². The van der Waals surface area contributed by atoms with E-state index >= 15 is 0 Å². The molecule has 1 heterocycles. The topological polar surface area (TPSA) is 13.1 Å². The molecule has 4 aromatic rings. The molecule has 4 saturated carbocycles. The quantitative estimate of drug-likeness (QED) is 0.336. The van der Waals surface area contributed by atoms with E-state index in [0.29, 0.717) is 5.41 Å². The maximum Gasteiger partial charge on any atom is 0.135 e. The molecule has 1 nitrogen and oxygen atoms in total. The fraction of sp³-hybridized carbons (Fsp3) is 0.379. The van der Waals surface area contributed by atoms with Gasteiger partial charge in [-0.05, 0) is 110 Å². The first-order chi connectivity index (χ1) is 14.6. The van der Waals surface area contributed by atoms with Gasteiger partial charge in [-0.25, -0.2) is 0 Å². The molecule has 4 aliphatic rings. The summed E-state index contributed by atoms with van der Waals surface area (Å²) >= 11 is 0. The Morgan fingerprint density at radius 1 is 0.667 bits per heavy atom.